The Morgan fingerprint density at radius 2 is 1.76 bits per heavy atom. The van der Waals surface area contributed by atoms with Crippen molar-refractivity contribution in [2.75, 3.05) is 5.32 Å². The van der Waals surface area contributed by atoms with Gasteiger partial charge in [-0.3, -0.25) is 9.78 Å². The Bertz CT molecular complexity index is 1050. The van der Waals surface area contributed by atoms with Crippen molar-refractivity contribution < 1.29 is 4.79 Å². The summed E-state index contributed by atoms with van der Waals surface area (Å²) in [5, 5.41) is 5.37. The summed E-state index contributed by atoms with van der Waals surface area (Å²) in [6.45, 7) is 0. The van der Waals surface area contributed by atoms with E-state index in [2.05, 4.69) is 46.2 Å². The van der Waals surface area contributed by atoms with Gasteiger partial charge in [-0.15, -0.1) is 0 Å². The maximum absolute atomic E-state index is 12.3. The largest absolute Gasteiger partial charge is 0.344 e. The fourth-order valence-corrected chi connectivity index (χ4v) is 3.28. The first-order valence-corrected chi connectivity index (χ1v) is 8.38. The molecule has 4 aromatic rings. The quantitative estimate of drug-likeness (QED) is 0.607. The van der Waals surface area contributed by atoms with Crippen LogP contribution in [-0.2, 0) is 18.3 Å². The van der Waals surface area contributed by atoms with E-state index in [1.54, 1.807) is 12.4 Å². The number of amides is 1. The molecule has 4 nitrogen and oxygen atoms in total. The summed E-state index contributed by atoms with van der Waals surface area (Å²) >= 11 is 0. The van der Waals surface area contributed by atoms with Gasteiger partial charge in [-0.1, -0.05) is 18.2 Å². The maximum Gasteiger partial charge on any atom is 0.224 e. The minimum Gasteiger partial charge on any atom is -0.344 e. The lowest BCUT2D eigenvalue weighted by Gasteiger charge is -2.06. The summed E-state index contributed by atoms with van der Waals surface area (Å²) in [5.41, 5.74) is 4.31. The molecule has 0 fully saturated rings. The number of aryl methyl sites for hydroxylation is 2. The lowest BCUT2D eigenvalue weighted by Crippen LogP contribution is -2.12. The van der Waals surface area contributed by atoms with E-state index in [9.17, 15) is 4.79 Å². The van der Waals surface area contributed by atoms with Gasteiger partial charge in [-0.2, -0.15) is 0 Å². The standard InChI is InChI=1S/C21H19N3O/c1-24-19-5-3-2-4-17(19)18-14-16(7-8-20(18)24)23-21(25)9-6-15-10-12-22-13-11-15/h2-5,7-8,10-14H,6,9H2,1H3,(H,23,25). The Kier molecular flexibility index (Phi) is 3.94. The van der Waals surface area contributed by atoms with Crippen molar-refractivity contribution in [2.45, 2.75) is 12.8 Å². The number of carbonyl (C=O) groups excluding carboxylic acids is 1. The number of aromatic nitrogens is 2. The molecule has 0 radical (unpaired) electrons. The van der Waals surface area contributed by atoms with Crippen molar-refractivity contribution in [2.24, 2.45) is 7.05 Å². The first-order chi connectivity index (χ1) is 12.2. The molecule has 1 N–H and O–H groups in total. The van der Waals surface area contributed by atoms with E-state index in [-0.39, 0.29) is 5.91 Å². The second-order valence-corrected chi connectivity index (χ2v) is 6.21. The van der Waals surface area contributed by atoms with Gasteiger partial charge in [0.15, 0.2) is 0 Å². The highest BCUT2D eigenvalue weighted by Gasteiger charge is 2.09. The second kappa shape index (κ2) is 6.40. The Hall–Kier alpha value is -3.14. The van der Waals surface area contributed by atoms with Crippen LogP contribution in [0.4, 0.5) is 5.69 Å². The molecule has 2 aromatic carbocycles. The van der Waals surface area contributed by atoms with Gasteiger partial charge < -0.3 is 9.88 Å². The third-order valence-electron chi connectivity index (χ3n) is 4.59. The van der Waals surface area contributed by atoms with Crippen molar-refractivity contribution in [1.29, 1.82) is 0 Å². The highest BCUT2D eigenvalue weighted by Crippen LogP contribution is 2.30. The molecular weight excluding hydrogens is 310 g/mol. The third-order valence-corrected chi connectivity index (χ3v) is 4.59. The van der Waals surface area contributed by atoms with Crippen molar-refractivity contribution in [3.05, 3.63) is 72.6 Å². The highest BCUT2D eigenvalue weighted by molar-refractivity contribution is 6.09. The number of hydrogen-bond donors (Lipinski definition) is 1. The van der Waals surface area contributed by atoms with Crippen LogP contribution in [0.15, 0.2) is 67.0 Å². The zero-order valence-corrected chi connectivity index (χ0v) is 14.1. The molecular formula is C21H19N3O. The number of nitrogens with one attached hydrogen (secondary N) is 1. The van der Waals surface area contributed by atoms with Gasteiger partial charge in [0.2, 0.25) is 5.91 Å². The lowest BCUT2D eigenvalue weighted by atomic mass is 10.1. The predicted octanol–water partition coefficient (Wildman–Crippen LogP) is 4.30. The van der Waals surface area contributed by atoms with Crippen molar-refractivity contribution in [3.8, 4) is 0 Å². The number of benzene rings is 2. The van der Waals surface area contributed by atoms with Crippen LogP contribution >= 0.6 is 0 Å². The molecule has 0 bridgehead atoms. The molecule has 0 spiro atoms. The smallest absolute Gasteiger partial charge is 0.224 e. The Balaban J connectivity index is 1.55. The fraction of sp³-hybridized carbons (Fsp3) is 0.143. The van der Waals surface area contributed by atoms with Crippen LogP contribution in [-0.4, -0.2) is 15.5 Å². The molecule has 0 saturated heterocycles. The van der Waals surface area contributed by atoms with Crippen LogP contribution < -0.4 is 5.32 Å². The van der Waals surface area contributed by atoms with Crippen LogP contribution in [0.25, 0.3) is 21.8 Å². The number of fused-ring (bicyclic) bond motifs is 3. The van der Waals surface area contributed by atoms with E-state index < -0.39 is 0 Å². The molecule has 1 amide bonds. The van der Waals surface area contributed by atoms with Gasteiger partial charge in [0.05, 0.1) is 0 Å². The molecule has 0 aliphatic carbocycles. The number of anilines is 1. The summed E-state index contributed by atoms with van der Waals surface area (Å²) in [7, 11) is 2.07. The zero-order valence-electron chi connectivity index (χ0n) is 14.1. The summed E-state index contributed by atoms with van der Waals surface area (Å²) in [5.74, 6) is 0.0244. The topological polar surface area (TPSA) is 46.9 Å². The van der Waals surface area contributed by atoms with E-state index in [0.717, 1.165) is 22.2 Å². The Morgan fingerprint density at radius 1 is 1.00 bits per heavy atom. The molecule has 2 heterocycles. The van der Waals surface area contributed by atoms with E-state index in [0.29, 0.717) is 12.8 Å². The monoisotopic (exact) mass is 329 g/mol. The molecule has 0 aliphatic heterocycles. The van der Waals surface area contributed by atoms with Crippen LogP contribution in [0.1, 0.15) is 12.0 Å². The van der Waals surface area contributed by atoms with Gasteiger partial charge in [0, 0.05) is 53.4 Å². The second-order valence-electron chi connectivity index (χ2n) is 6.21. The van der Waals surface area contributed by atoms with Crippen LogP contribution in [0.2, 0.25) is 0 Å². The number of rotatable bonds is 4. The lowest BCUT2D eigenvalue weighted by molar-refractivity contribution is -0.116. The van der Waals surface area contributed by atoms with Gasteiger partial charge in [-0.25, -0.2) is 0 Å². The number of pyridine rings is 1. The van der Waals surface area contributed by atoms with Gasteiger partial charge in [0.25, 0.3) is 0 Å². The molecule has 4 heteroatoms. The average Bonchev–Trinajstić information content (AvgIpc) is 2.93. The van der Waals surface area contributed by atoms with Crippen molar-refractivity contribution in [3.63, 3.8) is 0 Å². The molecule has 2 aromatic heterocycles. The Labute approximate surface area is 146 Å². The first-order valence-electron chi connectivity index (χ1n) is 8.38. The molecule has 0 unspecified atom stereocenters. The molecule has 4 rings (SSSR count). The van der Waals surface area contributed by atoms with Crippen molar-refractivity contribution >= 4 is 33.4 Å². The van der Waals surface area contributed by atoms with Gasteiger partial charge in [-0.05, 0) is 48.4 Å². The SMILES string of the molecule is Cn1c2ccccc2c2cc(NC(=O)CCc3ccncc3)ccc21. The van der Waals surface area contributed by atoms with E-state index in [1.165, 1.54) is 10.9 Å². The zero-order chi connectivity index (χ0) is 17.2. The first kappa shape index (κ1) is 15.4. The normalized spacial score (nSPS) is 11.1. The van der Waals surface area contributed by atoms with Crippen LogP contribution in [0.3, 0.4) is 0 Å². The summed E-state index contributed by atoms with van der Waals surface area (Å²) in [6, 6.07) is 18.3. The van der Waals surface area contributed by atoms with E-state index in [1.807, 2.05) is 30.3 Å². The molecule has 124 valence electrons. The average molecular weight is 329 g/mol. The fourth-order valence-electron chi connectivity index (χ4n) is 3.28. The molecule has 0 aliphatic rings. The number of hydrogen-bond acceptors (Lipinski definition) is 2. The van der Waals surface area contributed by atoms with E-state index in [4.69, 9.17) is 0 Å². The maximum atomic E-state index is 12.3. The van der Waals surface area contributed by atoms with Crippen LogP contribution in [0.5, 0.6) is 0 Å². The number of nitrogens with zero attached hydrogens (tertiary/aromatic N) is 2. The molecule has 0 atom stereocenters. The minimum atomic E-state index is 0.0244. The van der Waals surface area contributed by atoms with Crippen LogP contribution in [0, 0.1) is 0 Å². The molecule has 25 heavy (non-hydrogen) atoms. The van der Waals surface area contributed by atoms with E-state index >= 15 is 0 Å². The summed E-state index contributed by atoms with van der Waals surface area (Å²) in [4.78, 5) is 16.3. The van der Waals surface area contributed by atoms with Crippen molar-refractivity contribution in [1.82, 2.24) is 9.55 Å². The van der Waals surface area contributed by atoms with Gasteiger partial charge in [0.1, 0.15) is 0 Å². The Morgan fingerprint density at radius 3 is 2.60 bits per heavy atom. The van der Waals surface area contributed by atoms with Gasteiger partial charge >= 0.3 is 0 Å². The predicted molar refractivity (Wildman–Crippen MR) is 102 cm³/mol. The third kappa shape index (κ3) is 2.98. The highest BCUT2D eigenvalue weighted by atomic mass is 16.1. The summed E-state index contributed by atoms with van der Waals surface area (Å²) < 4.78 is 2.18. The molecule has 0 saturated carbocycles. The number of para-hydroxylation sites is 1. The minimum absolute atomic E-state index is 0.0244. The summed E-state index contributed by atoms with van der Waals surface area (Å²) in [6.07, 6.45) is 4.67. The number of carbonyl (C=O) groups is 1.